The van der Waals surface area contributed by atoms with E-state index in [0.717, 1.165) is 30.6 Å². The average molecular weight is 867 g/mol. The fourth-order valence-corrected chi connectivity index (χ4v) is 17.7. The van der Waals surface area contributed by atoms with Crippen LogP contribution in [0.1, 0.15) is 169 Å². The fraction of sp³-hybridized carbons (Fsp3) is 0.702. The molecule has 2 unspecified atom stereocenters. The molecule has 6 rings (SSSR count). The molecule has 2 aromatic rings. The zero-order valence-electron chi connectivity index (χ0n) is 34.6. The van der Waals surface area contributed by atoms with E-state index in [2.05, 4.69) is 89.5 Å². The number of nitrogens with zero attached hydrogens (tertiary/aromatic N) is 2. The van der Waals surface area contributed by atoms with Gasteiger partial charge in [0.1, 0.15) is 5.82 Å². The molecule has 0 aromatic heterocycles. The Bertz CT molecular complexity index is 1420. The van der Waals surface area contributed by atoms with Crippen LogP contribution in [0, 0.1) is 41.5 Å². The van der Waals surface area contributed by atoms with E-state index in [1.807, 2.05) is 0 Å². The van der Waals surface area contributed by atoms with Gasteiger partial charge in [0, 0.05) is 36.4 Å². The zero-order chi connectivity index (χ0) is 37.2. The van der Waals surface area contributed by atoms with Crippen molar-refractivity contribution in [3.05, 3.63) is 69.0 Å². The molecule has 6 heteroatoms. The zero-order valence-corrected chi connectivity index (χ0v) is 38.7. The third kappa shape index (κ3) is 8.95. The first kappa shape index (κ1) is 43.5. The van der Waals surface area contributed by atoms with Crippen molar-refractivity contribution in [2.75, 3.05) is 9.80 Å². The number of rotatable bonds is 11. The first-order valence-electron chi connectivity index (χ1n) is 21.6. The maximum absolute atomic E-state index is 8.80. The van der Waals surface area contributed by atoms with Crippen LogP contribution < -0.4 is 9.80 Å². The molecule has 0 bridgehead atoms. The number of unbranched alkanes of at least 4 members (excludes halogenated alkanes) is 2. The molecule has 0 spiro atoms. The Hall–Kier alpha value is -0.587. The quantitative estimate of drug-likeness (QED) is 0.126. The van der Waals surface area contributed by atoms with Crippen molar-refractivity contribution < 1.29 is 19.5 Å². The number of aryl methyl sites for hydroxylation is 6. The SMILES string of the molecule is CCCC[C@H]1[C@H](CCCC)N(c2c(C)cc(C)cc2C)C(=C2C(Cl)CCCC2(Cl)P(C2CCCCC2)C2CCCCC2)N1c1c(C)cc(C)cc1C.[Ru]. The Morgan fingerprint density at radius 2 is 1.02 bits per heavy atom. The molecule has 4 aliphatic rings. The van der Waals surface area contributed by atoms with Crippen molar-refractivity contribution >= 4 is 42.5 Å². The van der Waals surface area contributed by atoms with Gasteiger partial charge in [0.2, 0.25) is 0 Å². The second-order valence-corrected chi connectivity index (χ2v) is 22.0. The van der Waals surface area contributed by atoms with Gasteiger partial charge in [-0.1, -0.05) is 121 Å². The van der Waals surface area contributed by atoms with Crippen LogP contribution in [0.3, 0.4) is 0 Å². The number of allylic oxidation sites excluding steroid dienone is 1. The van der Waals surface area contributed by atoms with Crippen LogP contribution in [0.2, 0.25) is 0 Å². The molecule has 2 nitrogen and oxygen atoms in total. The van der Waals surface area contributed by atoms with Crippen molar-refractivity contribution in [2.45, 2.75) is 211 Å². The minimum Gasteiger partial charge on any atom is -0.322 e. The van der Waals surface area contributed by atoms with Crippen LogP contribution in [0.15, 0.2) is 35.7 Å². The first-order valence-corrected chi connectivity index (χ1v) is 23.9. The smallest absolute Gasteiger partial charge is 0.116 e. The number of halogens is 2. The summed E-state index contributed by atoms with van der Waals surface area (Å²) in [4.78, 5) is 5.78. The summed E-state index contributed by atoms with van der Waals surface area (Å²) in [6.45, 7) is 18.7. The Kier molecular flexibility index (Phi) is 15.8. The summed E-state index contributed by atoms with van der Waals surface area (Å²) in [5.74, 6) is 1.39. The summed E-state index contributed by atoms with van der Waals surface area (Å²) in [6, 6.07) is 10.4. The molecule has 0 amide bonds. The summed E-state index contributed by atoms with van der Waals surface area (Å²) in [6.07, 6.45) is 24.2. The Labute approximate surface area is 349 Å². The summed E-state index contributed by atoms with van der Waals surface area (Å²) in [5, 5.41) is -0.0581. The molecule has 1 heterocycles. The van der Waals surface area contributed by atoms with Gasteiger partial charge in [0.15, 0.2) is 0 Å². The standard InChI is InChI=1S/C47H71Cl2N2P.Ru/c1-9-11-25-41-42(26-12-10-2)51(45-36(7)30-33(4)31-37(45)8)46(50(41)44-34(5)28-32(3)29-35(44)6)43-40(48)24-19-27-47(43,49)52(38-20-15-13-16-21-38)39-22-17-14-18-23-39;/h28-31,38-42H,9-27H2,1-8H3;/t40?,41-,42-,47?;/m0./s1. The third-order valence-corrected chi connectivity index (χ3v) is 18.6. The molecular weight excluding hydrogens is 795 g/mol. The normalized spacial score (nSPS) is 26.1. The molecule has 3 saturated carbocycles. The van der Waals surface area contributed by atoms with Gasteiger partial charge >= 0.3 is 0 Å². The molecular formula is C47H71Cl2N2PRu. The Morgan fingerprint density at radius 1 is 0.623 bits per heavy atom. The number of hydrogen-bond donors (Lipinski definition) is 0. The van der Waals surface area contributed by atoms with Gasteiger partial charge in [-0.15, -0.1) is 23.2 Å². The van der Waals surface area contributed by atoms with Crippen LogP contribution in [0.5, 0.6) is 0 Å². The van der Waals surface area contributed by atoms with Crippen LogP contribution in [0.25, 0.3) is 0 Å². The van der Waals surface area contributed by atoms with E-state index in [9.17, 15) is 0 Å². The van der Waals surface area contributed by atoms with Gasteiger partial charge in [-0.05, 0) is 133 Å². The average Bonchev–Trinajstić information content (AvgIpc) is 3.38. The van der Waals surface area contributed by atoms with Crippen LogP contribution in [0.4, 0.5) is 11.4 Å². The van der Waals surface area contributed by atoms with E-state index in [0.29, 0.717) is 12.1 Å². The van der Waals surface area contributed by atoms with Crippen molar-refractivity contribution in [1.82, 2.24) is 0 Å². The minimum absolute atomic E-state index is 0. The van der Waals surface area contributed by atoms with Gasteiger partial charge in [0.05, 0.1) is 22.1 Å². The van der Waals surface area contributed by atoms with Crippen molar-refractivity contribution in [3.63, 3.8) is 0 Å². The van der Waals surface area contributed by atoms with Crippen LogP contribution in [-0.4, -0.2) is 33.4 Å². The predicted octanol–water partition coefficient (Wildman–Crippen LogP) is 15.1. The minimum atomic E-state index is -0.477. The first-order chi connectivity index (χ1) is 25.0. The monoisotopic (exact) mass is 866 g/mol. The van der Waals surface area contributed by atoms with E-state index in [-0.39, 0.29) is 29.5 Å². The van der Waals surface area contributed by atoms with E-state index >= 15 is 0 Å². The maximum atomic E-state index is 8.80. The molecule has 1 saturated heterocycles. The van der Waals surface area contributed by atoms with E-state index in [4.69, 9.17) is 23.2 Å². The molecule has 4 fully saturated rings. The molecule has 3 aliphatic carbocycles. The van der Waals surface area contributed by atoms with Crippen molar-refractivity contribution in [1.29, 1.82) is 0 Å². The fourth-order valence-electron chi connectivity index (χ4n) is 11.4. The van der Waals surface area contributed by atoms with Gasteiger partial charge in [-0.3, -0.25) is 0 Å². The van der Waals surface area contributed by atoms with E-state index < -0.39 is 7.92 Å². The molecule has 296 valence electrons. The van der Waals surface area contributed by atoms with E-state index in [1.165, 1.54) is 159 Å². The number of hydrogen-bond acceptors (Lipinski definition) is 2. The van der Waals surface area contributed by atoms with Gasteiger partial charge in [0.25, 0.3) is 0 Å². The molecule has 0 N–H and O–H groups in total. The van der Waals surface area contributed by atoms with Gasteiger partial charge in [-0.25, -0.2) is 0 Å². The van der Waals surface area contributed by atoms with E-state index in [1.54, 1.807) is 0 Å². The summed E-state index contributed by atoms with van der Waals surface area (Å²) < 4.78 is -0.385. The number of benzene rings is 2. The Morgan fingerprint density at radius 3 is 1.40 bits per heavy atom. The van der Waals surface area contributed by atoms with Gasteiger partial charge in [-0.2, -0.15) is 0 Å². The molecule has 53 heavy (non-hydrogen) atoms. The molecule has 0 radical (unpaired) electrons. The van der Waals surface area contributed by atoms with Crippen molar-refractivity contribution in [3.8, 4) is 0 Å². The number of anilines is 2. The molecule has 2 aromatic carbocycles. The van der Waals surface area contributed by atoms with Gasteiger partial charge < -0.3 is 9.80 Å². The predicted molar refractivity (Wildman–Crippen MR) is 233 cm³/mol. The summed E-state index contributed by atoms with van der Waals surface area (Å²) in [7, 11) is -0.477. The largest absolute Gasteiger partial charge is 0.322 e. The van der Waals surface area contributed by atoms with Crippen LogP contribution >= 0.6 is 31.1 Å². The third-order valence-electron chi connectivity index (χ3n) is 13.3. The second kappa shape index (κ2) is 19.2. The molecule has 1 aliphatic heterocycles. The maximum Gasteiger partial charge on any atom is 0.116 e. The summed E-state index contributed by atoms with van der Waals surface area (Å²) >= 11 is 16.8. The topological polar surface area (TPSA) is 6.48 Å². The van der Waals surface area contributed by atoms with Crippen LogP contribution in [-0.2, 0) is 19.5 Å². The molecule has 4 atom stereocenters. The Balaban J connectivity index is 0.00000541. The number of alkyl halides is 2. The summed E-state index contributed by atoms with van der Waals surface area (Å²) in [5.41, 5.74) is 14.0. The second-order valence-electron chi connectivity index (χ2n) is 17.5. The van der Waals surface area contributed by atoms with Crippen molar-refractivity contribution in [2.24, 2.45) is 0 Å².